The van der Waals surface area contributed by atoms with Gasteiger partial charge in [0.05, 0.1) is 0 Å². The molecule has 1 aromatic carbocycles. The number of nitrogens with one attached hydrogen (secondary N) is 1. The summed E-state index contributed by atoms with van der Waals surface area (Å²) in [5.41, 5.74) is 2.47. The van der Waals surface area contributed by atoms with E-state index in [1.54, 1.807) is 25.5 Å². The summed E-state index contributed by atoms with van der Waals surface area (Å²) < 4.78 is 2.50. The summed E-state index contributed by atoms with van der Waals surface area (Å²) in [4.78, 5) is 29.2. The van der Waals surface area contributed by atoms with Crippen LogP contribution in [0, 0.1) is 6.92 Å². The van der Waals surface area contributed by atoms with Crippen LogP contribution in [0.3, 0.4) is 0 Å². The van der Waals surface area contributed by atoms with Crippen LogP contribution in [0.4, 0.5) is 5.13 Å². The Balaban J connectivity index is 1.70. The van der Waals surface area contributed by atoms with E-state index in [1.807, 2.05) is 6.07 Å². The van der Waals surface area contributed by atoms with Gasteiger partial charge in [0.1, 0.15) is 0 Å². The Labute approximate surface area is 157 Å². The van der Waals surface area contributed by atoms with Gasteiger partial charge >= 0.3 is 0 Å². The van der Waals surface area contributed by atoms with E-state index in [4.69, 9.17) is 0 Å². The Bertz CT molecular complexity index is 994. The molecule has 7 heteroatoms. The van der Waals surface area contributed by atoms with Gasteiger partial charge in [0.15, 0.2) is 5.13 Å². The zero-order valence-corrected chi connectivity index (χ0v) is 16.1. The van der Waals surface area contributed by atoms with Gasteiger partial charge in [-0.25, -0.2) is 4.98 Å². The van der Waals surface area contributed by atoms with Crippen molar-refractivity contribution in [2.45, 2.75) is 13.3 Å². The van der Waals surface area contributed by atoms with Gasteiger partial charge < -0.3 is 4.57 Å². The Morgan fingerprint density at radius 1 is 1.32 bits per heavy atom. The minimum atomic E-state index is -0.335. The maximum atomic E-state index is 12.2. The molecule has 0 fully saturated rings. The standard InChI is InChI=1S/C18H16BrN3O2S/c1-11-7-12(3-4-15(11)19)8-14-10-20-18(25-14)21-17(24)13-5-6-22(2)16(23)9-13/h3-7,9-10H,8H2,1-2H3,(H,20,21,24). The number of hydrogen-bond acceptors (Lipinski definition) is 4. The molecule has 2 aromatic heterocycles. The molecule has 0 spiro atoms. The van der Waals surface area contributed by atoms with Crippen LogP contribution < -0.4 is 10.9 Å². The van der Waals surface area contributed by atoms with Gasteiger partial charge in [0, 0.05) is 46.8 Å². The quantitative estimate of drug-likeness (QED) is 0.702. The molecule has 0 aliphatic carbocycles. The minimum Gasteiger partial charge on any atom is -0.319 e. The smallest absolute Gasteiger partial charge is 0.257 e. The Morgan fingerprint density at radius 3 is 2.84 bits per heavy atom. The molecule has 0 aliphatic heterocycles. The molecule has 0 saturated heterocycles. The Morgan fingerprint density at radius 2 is 2.12 bits per heavy atom. The Kier molecular flexibility index (Phi) is 5.15. The molecule has 0 aliphatic rings. The van der Waals surface area contributed by atoms with Crippen LogP contribution in [0.1, 0.15) is 26.4 Å². The second-order valence-corrected chi connectivity index (χ2v) is 7.68. The first-order valence-electron chi connectivity index (χ1n) is 7.60. The molecule has 3 rings (SSSR count). The number of benzene rings is 1. The molecule has 3 aromatic rings. The van der Waals surface area contributed by atoms with Gasteiger partial charge in [-0.3, -0.25) is 14.9 Å². The third kappa shape index (κ3) is 4.24. The number of nitrogens with zero attached hydrogens (tertiary/aromatic N) is 2. The molecule has 0 bridgehead atoms. The highest BCUT2D eigenvalue weighted by atomic mass is 79.9. The van der Waals surface area contributed by atoms with Crippen molar-refractivity contribution in [2.24, 2.45) is 7.05 Å². The highest BCUT2D eigenvalue weighted by Gasteiger charge is 2.10. The normalized spacial score (nSPS) is 10.7. The van der Waals surface area contributed by atoms with Gasteiger partial charge in [-0.1, -0.05) is 28.1 Å². The van der Waals surface area contributed by atoms with Gasteiger partial charge in [0.25, 0.3) is 11.5 Å². The van der Waals surface area contributed by atoms with Gasteiger partial charge in [-0.2, -0.15) is 0 Å². The molecular weight excluding hydrogens is 402 g/mol. The second-order valence-electron chi connectivity index (χ2n) is 5.71. The minimum absolute atomic E-state index is 0.224. The number of amides is 1. The molecule has 0 atom stereocenters. The lowest BCUT2D eigenvalue weighted by Crippen LogP contribution is -2.19. The fraction of sp³-hybridized carbons (Fsp3) is 0.167. The largest absolute Gasteiger partial charge is 0.319 e. The maximum Gasteiger partial charge on any atom is 0.257 e. The zero-order chi connectivity index (χ0) is 18.0. The van der Waals surface area contributed by atoms with E-state index in [0.29, 0.717) is 10.7 Å². The van der Waals surface area contributed by atoms with E-state index in [1.165, 1.54) is 33.1 Å². The molecule has 1 N–H and O–H groups in total. The van der Waals surface area contributed by atoms with Crippen molar-refractivity contribution in [3.05, 3.63) is 79.1 Å². The van der Waals surface area contributed by atoms with E-state index in [0.717, 1.165) is 15.8 Å². The summed E-state index contributed by atoms with van der Waals surface area (Å²) in [6.07, 6.45) is 4.09. The molecule has 0 radical (unpaired) electrons. The van der Waals surface area contributed by atoms with Crippen LogP contribution in [-0.4, -0.2) is 15.5 Å². The summed E-state index contributed by atoms with van der Waals surface area (Å²) in [7, 11) is 1.64. The third-order valence-corrected chi connectivity index (χ3v) is 5.54. The number of rotatable bonds is 4. The van der Waals surface area contributed by atoms with Crippen LogP contribution >= 0.6 is 27.3 Å². The van der Waals surface area contributed by atoms with E-state index in [9.17, 15) is 9.59 Å². The van der Waals surface area contributed by atoms with Crippen LogP contribution in [0.15, 0.2) is 52.0 Å². The lowest BCUT2D eigenvalue weighted by atomic mass is 10.1. The maximum absolute atomic E-state index is 12.2. The number of aryl methyl sites for hydroxylation is 2. The average Bonchev–Trinajstić information content (AvgIpc) is 3.00. The molecule has 25 heavy (non-hydrogen) atoms. The number of thiazole rings is 1. The van der Waals surface area contributed by atoms with Crippen molar-refractivity contribution in [3.63, 3.8) is 0 Å². The number of pyridine rings is 1. The van der Waals surface area contributed by atoms with Crippen molar-refractivity contribution in [2.75, 3.05) is 5.32 Å². The fourth-order valence-corrected chi connectivity index (χ4v) is 3.41. The van der Waals surface area contributed by atoms with Crippen molar-refractivity contribution in [1.29, 1.82) is 0 Å². The zero-order valence-electron chi connectivity index (χ0n) is 13.7. The van der Waals surface area contributed by atoms with Crippen molar-refractivity contribution >= 4 is 38.3 Å². The van der Waals surface area contributed by atoms with Crippen molar-refractivity contribution in [1.82, 2.24) is 9.55 Å². The van der Waals surface area contributed by atoms with Crippen LogP contribution in [0.2, 0.25) is 0 Å². The number of halogens is 1. The first-order chi connectivity index (χ1) is 11.9. The fourth-order valence-electron chi connectivity index (χ4n) is 2.32. The van der Waals surface area contributed by atoms with E-state index >= 15 is 0 Å². The molecule has 1 amide bonds. The van der Waals surface area contributed by atoms with Gasteiger partial charge in [0.2, 0.25) is 0 Å². The number of carbonyl (C=O) groups is 1. The average molecular weight is 418 g/mol. The molecule has 0 saturated carbocycles. The number of hydrogen-bond donors (Lipinski definition) is 1. The number of carbonyl (C=O) groups excluding carboxylic acids is 1. The summed E-state index contributed by atoms with van der Waals surface area (Å²) in [6.45, 7) is 2.05. The highest BCUT2D eigenvalue weighted by Crippen LogP contribution is 2.24. The van der Waals surface area contributed by atoms with Crippen molar-refractivity contribution < 1.29 is 4.79 Å². The summed E-state index contributed by atoms with van der Waals surface area (Å²) in [5.74, 6) is -0.335. The number of aromatic nitrogens is 2. The van der Waals surface area contributed by atoms with Gasteiger partial charge in [-0.15, -0.1) is 11.3 Å². The first kappa shape index (κ1) is 17.6. The predicted octanol–water partition coefficient (Wildman–Crippen LogP) is 3.76. The third-order valence-electron chi connectivity index (χ3n) is 3.74. The molecular formula is C18H16BrN3O2S. The summed E-state index contributed by atoms with van der Waals surface area (Å²) >= 11 is 4.93. The highest BCUT2D eigenvalue weighted by molar-refractivity contribution is 9.10. The van der Waals surface area contributed by atoms with E-state index in [-0.39, 0.29) is 11.5 Å². The first-order valence-corrected chi connectivity index (χ1v) is 9.21. The lowest BCUT2D eigenvalue weighted by Gasteiger charge is -2.03. The second kappa shape index (κ2) is 7.33. The molecule has 5 nitrogen and oxygen atoms in total. The topological polar surface area (TPSA) is 64.0 Å². The predicted molar refractivity (Wildman–Crippen MR) is 103 cm³/mol. The molecule has 2 heterocycles. The molecule has 0 unspecified atom stereocenters. The van der Waals surface area contributed by atoms with Crippen LogP contribution in [0.25, 0.3) is 0 Å². The van der Waals surface area contributed by atoms with E-state index in [2.05, 4.69) is 45.3 Å². The van der Waals surface area contributed by atoms with Crippen LogP contribution in [0.5, 0.6) is 0 Å². The monoisotopic (exact) mass is 417 g/mol. The SMILES string of the molecule is Cc1cc(Cc2cnc(NC(=O)c3ccn(C)c(=O)c3)s2)ccc1Br. The molecule has 128 valence electrons. The summed E-state index contributed by atoms with van der Waals surface area (Å²) in [6, 6.07) is 9.14. The number of anilines is 1. The van der Waals surface area contributed by atoms with Crippen LogP contribution in [-0.2, 0) is 13.5 Å². The Hall–Kier alpha value is -2.25. The summed E-state index contributed by atoms with van der Waals surface area (Å²) in [5, 5.41) is 3.27. The lowest BCUT2D eigenvalue weighted by molar-refractivity contribution is 0.102. The van der Waals surface area contributed by atoms with Gasteiger partial charge in [-0.05, 0) is 30.2 Å². The van der Waals surface area contributed by atoms with Crippen molar-refractivity contribution in [3.8, 4) is 0 Å². The van der Waals surface area contributed by atoms with E-state index < -0.39 is 0 Å².